The number of amides is 2. The van der Waals surface area contributed by atoms with E-state index in [0.29, 0.717) is 36.0 Å². The number of benzene rings is 3. The van der Waals surface area contributed by atoms with Gasteiger partial charge in [-0.1, -0.05) is 65.8 Å². The number of nitrogens with zero attached hydrogens (tertiary/aromatic N) is 4. The summed E-state index contributed by atoms with van der Waals surface area (Å²) in [5, 5.41) is 12.2. The van der Waals surface area contributed by atoms with Crippen LogP contribution in [0.25, 0.3) is 11.4 Å². The van der Waals surface area contributed by atoms with E-state index < -0.39 is 0 Å². The number of ether oxygens (including phenoxy) is 1. The Bertz CT molecular complexity index is 1370. The topological polar surface area (TPSA) is 110 Å². The fraction of sp³-hybridized carbons (Fsp3) is 0.148. The molecular weight excluding hydrogens is 458 g/mol. The van der Waals surface area contributed by atoms with Crippen LogP contribution in [-0.2, 0) is 16.2 Å². The Balaban J connectivity index is 1.19. The molecule has 2 amide bonds. The van der Waals surface area contributed by atoms with Crippen LogP contribution in [0.2, 0.25) is 0 Å². The smallest absolute Gasteiger partial charge is 0.274 e. The maximum absolute atomic E-state index is 12.6. The molecule has 0 aliphatic carbocycles. The number of rotatable bonds is 8. The standard InChI is InChI=1S/C27H23N5O4/c33-24(28-21-11-13-22(14-12-21)35-18-19-7-3-1-4-8-19)17-32-25(34)16-15-23(30-32)27-29-26(31-36-27)20-9-5-2-6-10-20/h1-14H,15-18H2,(H,28,33). The van der Waals surface area contributed by atoms with Crippen LogP contribution in [0, 0.1) is 0 Å². The molecule has 1 aliphatic rings. The number of carbonyl (C=O) groups excluding carboxylic acids is 2. The van der Waals surface area contributed by atoms with E-state index in [9.17, 15) is 9.59 Å². The number of nitrogens with one attached hydrogen (secondary N) is 1. The summed E-state index contributed by atoms with van der Waals surface area (Å²) in [7, 11) is 0. The summed E-state index contributed by atoms with van der Waals surface area (Å²) in [5.41, 5.74) is 2.94. The number of anilines is 1. The summed E-state index contributed by atoms with van der Waals surface area (Å²) in [6, 6.07) is 26.3. The summed E-state index contributed by atoms with van der Waals surface area (Å²) >= 11 is 0. The second kappa shape index (κ2) is 10.6. The molecule has 0 fully saturated rings. The average Bonchev–Trinajstić information content (AvgIpc) is 3.41. The quantitative estimate of drug-likeness (QED) is 0.402. The Morgan fingerprint density at radius 2 is 1.67 bits per heavy atom. The van der Waals surface area contributed by atoms with E-state index in [1.807, 2.05) is 60.7 Å². The molecule has 0 unspecified atom stereocenters. The zero-order chi connectivity index (χ0) is 24.7. The highest BCUT2D eigenvalue weighted by atomic mass is 16.5. The van der Waals surface area contributed by atoms with Crippen molar-refractivity contribution in [3.05, 3.63) is 96.4 Å². The minimum absolute atomic E-state index is 0.197. The Labute approximate surface area is 207 Å². The lowest BCUT2D eigenvalue weighted by Gasteiger charge is -2.21. The van der Waals surface area contributed by atoms with Gasteiger partial charge < -0.3 is 14.6 Å². The van der Waals surface area contributed by atoms with Gasteiger partial charge in [0.15, 0.2) is 0 Å². The van der Waals surface area contributed by atoms with Gasteiger partial charge in [-0.25, -0.2) is 5.01 Å². The first-order chi connectivity index (χ1) is 17.6. The zero-order valence-electron chi connectivity index (χ0n) is 19.3. The molecule has 36 heavy (non-hydrogen) atoms. The second-order valence-corrected chi connectivity index (χ2v) is 8.13. The van der Waals surface area contributed by atoms with Crippen molar-refractivity contribution in [1.29, 1.82) is 0 Å². The molecule has 1 aliphatic heterocycles. The predicted molar refractivity (Wildman–Crippen MR) is 133 cm³/mol. The monoisotopic (exact) mass is 481 g/mol. The maximum Gasteiger partial charge on any atom is 0.274 e. The predicted octanol–water partition coefficient (Wildman–Crippen LogP) is 4.28. The van der Waals surface area contributed by atoms with E-state index in [0.717, 1.165) is 16.1 Å². The molecule has 0 atom stereocenters. The van der Waals surface area contributed by atoms with Crippen molar-refractivity contribution in [2.45, 2.75) is 19.4 Å². The van der Waals surface area contributed by atoms with Gasteiger partial charge in [0.05, 0.1) is 0 Å². The first-order valence-corrected chi connectivity index (χ1v) is 11.5. The molecule has 3 aromatic carbocycles. The number of carbonyl (C=O) groups is 2. The van der Waals surface area contributed by atoms with E-state index in [4.69, 9.17) is 9.26 Å². The molecule has 9 nitrogen and oxygen atoms in total. The lowest BCUT2D eigenvalue weighted by atomic mass is 10.1. The van der Waals surface area contributed by atoms with Crippen molar-refractivity contribution in [2.24, 2.45) is 5.10 Å². The van der Waals surface area contributed by atoms with Gasteiger partial charge in [0.25, 0.3) is 5.89 Å². The molecule has 0 saturated heterocycles. The van der Waals surface area contributed by atoms with Crippen molar-refractivity contribution in [1.82, 2.24) is 15.1 Å². The van der Waals surface area contributed by atoms with Crippen molar-refractivity contribution in [3.8, 4) is 17.1 Å². The summed E-state index contributed by atoms with van der Waals surface area (Å²) in [5.74, 6) is 0.735. The van der Waals surface area contributed by atoms with E-state index in [2.05, 4.69) is 20.6 Å². The van der Waals surface area contributed by atoms with Crippen LogP contribution in [0.5, 0.6) is 5.75 Å². The van der Waals surface area contributed by atoms with Gasteiger partial charge in [-0.15, -0.1) is 0 Å². The Hall–Kier alpha value is -4.79. The molecule has 0 bridgehead atoms. The van der Waals surface area contributed by atoms with E-state index in [1.54, 1.807) is 24.3 Å². The van der Waals surface area contributed by atoms with Crippen molar-refractivity contribution < 1.29 is 18.8 Å². The molecular formula is C27H23N5O4. The van der Waals surface area contributed by atoms with Gasteiger partial charge in [0.2, 0.25) is 17.6 Å². The second-order valence-electron chi connectivity index (χ2n) is 8.13. The molecule has 0 radical (unpaired) electrons. The summed E-state index contributed by atoms with van der Waals surface area (Å²) in [6.07, 6.45) is 0.556. The molecule has 4 aromatic rings. The fourth-order valence-corrected chi connectivity index (χ4v) is 3.64. The van der Waals surface area contributed by atoms with Gasteiger partial charge in [-0.05, 0) is 29.8 Å². The fourth-order valence-electron chi connectivity index (χ4n) is 3.64. The van der Waals surface area contributed by atoms with E-state index in [-0.39, 0.29) is 30.7 Å². The number of aromatic nitrogens is 2. The van der Waals surface area contributed by atoms with Crippen LogP contribution in [0.4, 0.5) is 5.69 Å². The van der Waals surface area contributed by atoms with Crippen LogP contribution >= 0.6 is 0 Å². The van der Waals surface area contributed by atoms with Crippen molar-refractivity contribution >= 4 is 23.2 Å². The third kappa shape index (κ3) is 5.64. The normalized spacial score (nSPS) is 13.3. The molecule has 1 N–H and O–H groups in total. The van der Waals surface area contributed by atoms with Gasteiger partial charge >= 0.3 is 0 Å². The Kier molecular flexibility index (Phi) is 6.79. The van der Waals surface area contributed by atoms with E-state index in [1.165, 1.54) is 0 Å². The average molecular weight is 482 g/mol. The lowest BCUT2D eigenvalue weighted by molar-refractivity contribution is -0.135. The SMILES string of the molecule is O=C(CN1N=C(c2nc(-c3ccccc3)no2)CCC1=O)Nc1ccc(OCc2ccccc2)cc1. The molecule has 1 aromatic heterocycles. The van der Waals surface area contributed by atoms with Crippen LogP contribution in [0.15, 0.2) is 94.6 Å². The highest BCUT2D eigenvalue weighted by Gasteiger charge is 2.26. The van der Waals surface area contributed by atoms with Gasteiger partial charge in [0.1, 0.15) is 24.6 Å². The molecule has 2 heterocycles. The van der Waals surface area contributed by atoms with Crippen molar-refractivity contribution in [3.63, 3.8) is 0 Å². The highest BCUT2D eigenvalue weighted by molar-refractivity contribution is 6.02. The summed E-state index contributed by atoms with van der Waals surface area (Å²) < 4.78 is 11.1. The van der Waals surface area contributed by atoms with Gasteiger partial charge in [-0.3, -0.25) is 9.59 Å². The summed E-state index contributed by atoms with van der Waals surface area (Å²) in [6.45, 7) is 0.227. The Morgan fingerprint density at radius 1 is 0.944 bits per heavy atom. The van der Waals surface area contributed by atoms with Crippen LogP contribution in [0.1, 0.15) is 24.3 Å². The van der Waals surface area contributed by atoms with Gasteiger partial charge in [0, 0.05) is 24.1 Å². The van der Waals surface area contributed by atoms with Crippen LogP contribution < -0.4 is 10.1 Å². The zero-order valence-corrected chi connectivity index (χ0v) is 19.3. The maximum atomic E-state index is 12.6. The molecule has 9 heteroatoms. The minimum Gasteiger partial charge on any atom is -0.489 e. The number of hydrogen-bond donors (Lipinski definition) is 1. The van der Waals surface area contributed by atoms with Gasteiger partial charge in [-0.2, -0.15) is 10.1 Å². The third-order valence-corrected chi connectivity index (χ3v) is 5.49. The first kappa shape index (κ1) is 23.0. The minimum atomic E-state index is -0.373. The van der Waals surface area contributed by atoms with Crippen LogP contribution in [0.3, 0.4) is 0 Å². The number of hydrogen-bond acceptors (Lipinski definition) is 7. The Morgan fingerprint density at radius 3 is 2.42 bits per heavy atom. The van der Waals surface area contributed by atoms with Crippen molar-refractivity contribution in [2.75, 3.05) is 11.9 Å². The third-order valence-electron chi connectivity index (χ3n) is 5.49. The molecule has 180 valence electrons. The molecule has 5 rings (SSSR count). The largest absolute Gasteiger partial charge is 0.489 e. The van der Waals surface area contributed by atoms with Crippen LogP contribution in [-0.4, -0.2) is 39.2 Å². The summed E-state index contributed by atoms with van der Waals surface area (Å²) in [4.78, 5) is 29.4. The van der Waals surface area contributed by atoms with E-state index >= 15 is 0 Å². The lowest BCUT2D eigenvalue weighted by Crippen LogP contribution is -2.38. The molecule has 0 saturated carbocycles. The number of hydrazone groups is 1. The molecule has 0 spiro atoms. The highest BCUT2D eigenvalue weighted by Crippen LogP contribution is 2.20. The first-order valence-electron chi connectivity index (χ1n) is 11.5.